The van der Waals surface area contributed by atoms with E-state index in [-0.39, 0.29) is 18.0 Å². The molecule has 0 saturated heterocycles. The van der Waals surface area contributed by atoms with E-state index >= 15 is 0 Å². The number of amides is 2. The van der Waals surface area contributed by atoms with E-state index in [1.54, 1.807) is 30.1 Å². The van der Waals surface area contributed by atoms with Crippen LogP contribution >= 0.6 is 0 Å². The minimum atomic E-state index is -0.280. The number of anilines is 1. The highest BCUT2D eigenvalue weighted by molar-refractivity contribution is 5.98. The van der Waals surface area contributed by atoms with Crippen molar-refractivity contribution < 1.29 is 14.1 Å². The first-order chi connectivity index (χ1) is 17.0. The lowest BCUT2D eigenvalue weighted by Crippen LogP contribution is -2.42. The Morgan fingerprint density at radius 1 is 1.17 bits per heavy atom. The van der Waals surface area contributed by atoms with Crippen molar-refractivity contribution in [1.82, 2.24) is 24.6 Å². The number of carbonyl (C=O) groups is 2. The summed E-state index contributed by atoms with van der Waals surface area (Å²) in [7, 11) is 0. The molecule has 1 aromatic carbocycles. The maximum Gasteiger partial charge on any atom is 0.331 e. The lowest BCUT2D eigenvalue weighted by molar-refractivity contribution is -0.132. The third kappa shape index (κ3) is 4.07. The number of fused-ring (bicyclic) bond motifs is 2. The van der Waals surface area contributed by atoms with Gasteiger partial charge in [-0.1, -0.05) is 11.2 Å². The summed E-state index contributed by atoms with van der Waals surface area (Å²) in [6.45, 7) is 4.18. The fourth-order valence-electron chi connectivity index (χ4n) is 4.91. The van der Waals surface area contributed by atoms with E-state index in [0.717, 1.165) is 58.4 Å². The van der Waals surface area contributed by atoms with E-state index in [0.29, 0.717) is 24.7 Å². The summed E-state index contributed by atoms with van der Waals surface area (Å²) in [4.78, 5) is 35.7. The zero-order chi connectivity index (χ0) is 24.1. The molecule has 9 nitrogen and oxygen atoms in total. The number of carbonyl (C=O) groups excluding carboxylic acids is 2. The van der Waals surface area contributed by atoms with E-state index < -0.39 is 0 Å². The topological polar surface area (TPSA) is 106 Å². The largest absolute Gasteiger partial charge is 0.359 e. The molecule has 3 aromatic heterocycles. The van der Waals surface area contributed by atoms with Gasteiger partial charge >= 0.3 is 6.03 Å². The van der Waals surface area contributed by atoms with Gasteiger partial charge in [-0.2, -0.15) is 0 Å². The molecule has 1 aliphatic carbocycles. The van der Waals surface area contributed by atoms with Crippen molar-refractivity contribution in [2.75, 3.05) is 5.32 Å². The molecule has 0 spiro atoms. The van der Waals surface area contributed by atoms with Crippen LogP contribution in [0, 0.1) is 0 Å². The standard InChI is InChI=1S/C26H26N6O3/c1-15-9-20-21(27-14-28-22(20)13-32(15)16(2)33)11-17-3-6-23-19(10-17)7-8-31(23)26(34)29-25-12-24(35-30-25)18-4-5-18/h3,6-8,10,12,14-15,18H,4-5,9,11,13H2,1-2H3,(H,29,30,34)/t15-/m0/s1. The Balaban J connectivity index is 1.21. The summed E-state index contributed by atoms with van der Waals surface area (Å²) in [6.07, 6.45) is 6.97. The van der Waals surface area contributed by atoms with Crippen molar-refractivity contribution in [2.24, 2.45) is 0 Å². The molecule has 1 fully saturated rings. The minimum Gasteiger partial charge on any atom is -0.359 e. The van der Waals surface area contributed by atoms with Gasteiger partial charge in [0.2, 0.25) is 5.91 Å². The molecule has 2 amide bonds. The first-order valence-corrected chi connectivity index (χ1v) is 11.9. The smallest absolute Gasteiger partial charge is 0.331 e. The first kappa shape index (κ1) is 21.5. The molecule has 4 heterocycles. The highest BCUT2D eigenvalue weighted by Crippen LogP contribution is 2.40. The SMILES string of the molecule is CC(=O)N1Cc2ncnc(Cc3ccc4c(ccn4C(=O)Nc4cc(C5CC5)on4)c3)c2C[C@@H]1C. The Morgan fingerprint density at radius 2 is 2.03 bits per heavy atom. The summed E-state index contributed by atoms with van der Waals surface area (Å²) in [5.41, 5.74) is 4.95. The van der Waals surface area contributed by atoms with Gasteiger partial charge in [-0.05, 0) is 55.5 Å². The summed E-state index contributed by atoms with van der Waals surface area (Å²) in [5.74, 6) is 1.77. The zero-order valence-corrected chi connectivity index (χ0v) is 19.7. The van der Waals surface area contributed by atoms with Crippen LogP contribution in [0.1, 0.15) is 60.9 Å². The van der Waals surface area contributed by atoms with Crippen molar-refractivity contribution in [2.45, 2.75) is 58.0 Å². The molecule has 35 heavy (non-hydrogen) atoms. The molecule has 1 N–H and O–H groups in total. The lowest BCUT2D eigenvalue weighted by atomic mass is 9.94. The third-order valence-electron chi connectivity index (χ3n) is 6.97. The molecule has 9 heteroatoms. The Kier molecular flexibility index (Phi) is 5.12. The molecule has 4 aromatic rings. The number of hydrogen-bond acceptors (Lipinski definition) is 6. The predicted molar refractivity (Wildman–Crippen MR) is 129 cm³/mol. The molecule has 6 rings (SSSR count). The molecule has 2 aliphatic rings. The van der Waals surface area contributed by atoms with E-state index in [2.05, 4.69) is 33.4 Å². The van der Waals surface area contributed by atoms with Gasteiger partial charge in [-0.3, -0.25) is 14.7 Å². The molecule has 0 bridgehead atoms. The normalized spacial score (nSPS) is 17.4. The molecule has 1 aliphatic heterocycles. The summed E-state index contributed by atoms with van der Waals surface area (Å²) < 4.78 is 6.91. The lowest BCUT2D eigenvalue weighted by Gasteiger charge is -2.34. The van der Waals surface area contributed by atoms with Crippen molar-refractivity contribution in [3.8, 4) is 0 Å². The van der Waals surface area contributed by atoms with Crippen LogP contribution in [0.15, 0.2) is 47.4 Å². The average molecular weight is 471 g/mol. The predicted octanol–water partition coefficient (Wildman–Crippen LogP) is 4.26. The zero-order valence-electron chi connectivity index (χ0n) is 19.7. The number of aromatic nitrogens is 4. The van der Waals surface area contributed by atoms with Crippen molar-refractivity contribution in [3.63, 3.8) is 0 Å². The molecule has 0 unspecified atom stereocenters. The van der Waals surface area contributed by atoms with Gasteiger partial charge in [-0.15, -0.1) is 0 Å². The van der Waals surface area contributed by atoms with Gasteiger partial charge in [-0.25, -0.2) is 14.8 Å². The first-order valence-electron chi connectivity index (χ1n) is 11.9. The monoisotopic (exact) mass is 470 g/mol. The van der Waals surface area contributed by atoms with Crippen LogP contribution < -0.4 is 5.32 Å². The highest BCUT2D eigenvalue weighted by atomic mass is 16.5. The van der Waals surface area contributed by atoms with Gasteiger partial charge < -0.3 is 9.42 Å². The molecule has 0 radical (unpaired) electrons. The fraction of sp³-hybridized carbons (Fsp3) is 0.346. The van der Waals surface area contributed by atoms with Crippen LogP contribution in [0.5, 0.6) is 0 Å². The third-order valence-corrected chi connectivity index (χ3v) is 6.97. The number of nitrogens with one attached hydrogen (secondary N) is 1. The van der Waals surface area contributed by atoms with Gasteiger partial charge in [0.1, 0.15) is 12.1 Å². The molecular weight excluding hydrogens is 444 g/mol. The van der Waals surface area contributed by atoms with Crippen LogP contribution in [0.3, 0.4) is 0 Å². The van der Waals surface area contributed by atoms with Crippen LogP contribution in [-0.2, 0) is 24.2 Å². The van der Waals surface area contributed by atoms with Gasteiger partial charge in [0.25, 0.3) is 0 Å². The van der Waals surface area contributed by atoms with E-state index in [1.807, 2.05) is 23.1 Å². The fourth-order valence-corrected chi connectivity index (χ4v) is 4.91. The second-order valence-electron chi connectivity index (χ2n) is 9.52. The number of benzene rings is 1. The maximum atomic E-state index is 12.9. The Bertz CT molecular complexity index is 1450. The Hall–Kier alpha value is -4.01. The number of nitrogens with zero attached hydrogens (tertiary/aromatic N) is 5. The average Bonchev–Trinajstić information content (AvgIpc) is 3.44. The number of rotatable bonds is 4. The molecule has 1 atom stereocenters. The Morgan fingerprint density at radius 3 is 2.83 bits per heavy atom. The van der Waals surface area contributed by atoms with E-state index in [4.69, 9.17) is 4.52 Å². The van der Waals surface area contributed by atoms with Gasteiger partial charge in [0.05, 0.1) is 23.4 Å². The van der Waals surface area contributed by atoms with Gasteiger partial charge in [0, 0.05) is 43.0 Å². The van der Waals surface area contributed by atoms with Crippen LogP contribution in [0.4, 0.5) is 10.6 Å². The van der Waals surface area contributed by atoms with Crippen molar-refractivity contribution in [3.05, 3.63) is 71.1 Å². The van der Waals surface area contributed by atoms with Crippen molar-refractivity contribution in [1.29, 1.82) is 0 Å². The maximum absolute atomic E-state index is 12.9. The number of hydrogen-bond donors (Lipinski definition) is 1. The van der Waals surface area contributed by atoms with Crippen molar-refractivity contribution >= 4 is 28.7 Å². The minimum absolute atomic E-state index is 0.0641. The molecule has 1 saturated carbocycles. The molecular formula is C26H26N6O3. The second-order valence-corrected chi connectivity index (χ2v) is 9.52. The van der Waals surface area contributed by atoms with Gasteiger partial charge in [0.15, 0.2) is 5.82 Å². The van der Waals surface area contributed by atoms with E-state index in [1.165, 1.54) is 0 Å². The van der Waals surface area contributed by atoms with Crippen LogP contribution in [0.25, 0.3) is 10.9 Å². The van der Waals surface area contributed by atoms with Crippen LogP contribution in [0.2, 0.25) is 0 Å². The summed E-state index contributed by atoms with van der Waals surface area (Å²) in [5, 5.41) is 7.76. The van der Waals surface area contributed by atoms with E-state index in [9.17, 15) is 9.59 Å². The quantitative estimate of drug-likeness (QED) is 0.478. The summed E-state index contributed by atoms with van der Waals surface area (Å²) in [6, 6.07) is 9.63. The Labute approximate surface area is 202 Å². The molecule has 178 valence electrons. The summed E-state index contributed by atoms with van der Waals surface area (Å²) >= 11 is 0. The second kappa shape index (κ2) is 8.33. The highest BCUT2D eigenvalue weighted by Gasteiger charge is 2.29. The van der Waals surface area contributed by atoms with Crippen LogP contribution in [-0.4, -0.2) is 42.6 Å².